The van der Waals surface area contributed by atoms with Crippen LogP contribution in [-0.2, 0) is 41.8 Å². The summed E-state index contributed by atoms with van der Waals surface area (Å²) in [5.41, 5.74) is 6.59. The van der Waals surface area contributed by atoms with E-state index in [4.69, 9.17) is 43.8 Å². The first-order valence-electron chi connectivity index (χ1n) is 40.9. The Balaban J connectivity index is 0.000000410. The van der Waals surface area contributed by atoms with E-state index >= 15 is 0 Å². The predicted molar refractivity (Wildman–Crippen MR) is 448 cm³/mol. The fourth-order valence-corrected chi connectivity index (χ4v) is 21.8. The highest BCUT2D eigenvalue weighted by Crippen LogP contribution is 2.62. The number of allylic oxidation sites excluding steroid dienone is 4. The second kappa shape index (κ2) is 42.3. The van der Waals surface area contributed by atoms with Crippen LogP contribution in [0.25, 0.3) is 0 Å². The second-order valence-electron chi connectivity index (χ2n) is 37.0. The maximum atomic E-state index is 12.3. The van der Waals surface area contributed by atoms with Gasteiger partial charge in [-0.15, -0.1) is 18.9 Å². The molecule has 0 aromatic heterocycles. The van der Waals surface area contributed by atoms with Gasteiger partial charge in [-0.25, -0.2) is 9.59 Å². The average molecular weight is 1590 g/mol. The molecule has 0 bridgehead atoms. The summed E-state index contributed by atoms with van der Waals surface area (Å²) < 4.78 is 43.9. The fraction of sp³-hybridized carbons (Fsp3) is 0.795. The first-order chi connectivity index (χ1) is 48.5. The first-order valence-corrected chi connectivity index (χ1v) is 50.5. The van der Waals surface area contributed by atoms with Crippen molar-refractivity contribution in [2.75, 3.05) is 26.4 Å². The largest absolute Gasteiger partial charge is 0.458 e. The molecule has 12 nitrogen and oxygen atoms in total. The third kappa shape index (κ3) is 25.0. The summed E-state index contributed by atoms with van der Waals surface area (Å²) in [6.07, 6.45) is 31.6. The normalized spacial score (nSPS) is 30.6. The highest BCUT2D eigenvalue weighted by Gasteiger charge is 2.54. The number of hydrogen-bond acceptors (Lipinski definition) is 12. The topological polar surface area (TPSA) is 159 Å². The van der Waals surface area contributed by atoms with Gasteiger partial charge in [0, 0.05) is 62.3 Å². The molecule has 604 valence electrons. The molecule has 2 aliphatic heterocycles. The lowest BCUT2D eigenvalue weighted by atomic mass is 9.60. The highest BCUT2D eigenvalue weighted by atomic mass is 79.9. The van der Waals surface area contributed by atoms with Gasteiger partial charge in [-0.2, -0.15) is 0 Å². The van der Waals surface area contributed by atoms with E-state index in [-0.39, 0.29) is 86.1 Å². The van der Waals surface area contributed by atoms with Crippen LogP contribution >= 0.6 is 15.9 Å². The number of unbranched alkanes of at least 4 members (excludes halogenated alkanes) is 2. The third-order valence-electron chi connectivity index (χ3n) is 27.0. The van der Waals surface area contributed by atoms with E-state index < -0.39 is 43.3 Å². The van der Waals surface area contributed by atoms with E-state index in [0.29, 0.717) is 84.9 Å². The zero-order chi connectivity index (χ0) is 78.7. The molecule has 5 aliphatic carbocycles. The van der Waals surface area contributed by atoms with Crippen LogP contribution in [0, 0.1) is 70.5 Å². The zero-order valence-corrected chi connectivity index (χ0v) is 75.2. The Morgan fingerprint density at radius 2 is 1.14 bits per heavy atom. The molecular weight excluding hydrogens is 1430 g/mol. The number of hydrogen-bond donors (Lipinski definition) is 3. The van der Waals surface area contributed by atoms with Crippen molar-refractivity contribution in [2.45, 2.75) is 362 Å². The summed E-state index contributed by atoms with van der Waals surface area (Å²) in [7, 11) is -5.97. The van der Waals surface area contributed by atoms with Gasteiger partial charge in [-0.1, -0.05) is 208 Å². The van der Waals surface area contributed by atoms with Crippen LogP contribution in [0.4, 0.5) is 4.70 Å². The highest BCUT2D eigenvalue weighted by molar-refractivity contribution is 9.11. The van der Waals surface area contributed by atoms with E-state index in [1.54, 1.807) is 5.57 Å². The zero-order valence-electron chi connectivity index (χ0n) is 70.6. The van der Waals surface area contributed by atoms with Crippen molar-refractivity contribution >= 4 is 52.8 Å². The molecule has 3 N–H and O–H groups in total. The van der Waals surface area contributed by atoms with Gasteiger partial charge < -0.3 is 47.5 Å². The molecule has 2 heterocycles. The maximum absolute atomic E-state index is 12.3. The summed E-state index contributed by atoms with van der Waals surface area (Å²) in [5.74, 6) is 6.51. The molecule has 7 rings (SSSR count). The molecule has 17 heteroatoms. The number of carbonyl (C=O) groups excluding carboxylic acids is 2. The predicted octanol–water partition coefficient (Wildman–Crippen LogP) is 22.6. The summed E-state index contributed by atoms with van der Waals surface area (Å²) in [6, 6.07) is 0. The van der Waals surface area contributed by atoms with E-state index in [0.717, 1.165) is 88.0 Å². The molecular formula is C88H154BrFO12Si3. The SMILES string of the molecule is C#CC[C@@H](O[Si](C)(C)C(C)(C)C)[C@H](OCCCO[Si](C)(C)C(C)(C)C)[C@@H](C=C)O[Si](C)(C)C(C)(C)C.C=C1/C(=C\C=C2/CCC[C@]3(C)[C@@H]([C@H](C)C[C@@H]4OC(=O)C(=C)[C@@H]4CCCC)CC[C@@H]23)C[C@@H](O)[C@H](OCCCO)[C@@H]1O.C=C1C(=O)O[C@@H](C[C@@H](C)[C@H]2CC[C@H]3/C(=C/Br)CCC[C@]23C)[C@H]1CCCC.CC.F. The summed E-state index contributed by atoms with van der Waals surface area (Å²) in [4.78, 5) is 26.6. The Labute approximate surface area is 652 Å². The Morgan fingerprint density at radius 3 is 1.58 bits per heavy atom. The van der Waals surface area contributed by atoms with Gasteiger partial charge in [-0.05, 0) is 220 Å². The summed E-state index contributed by atoms with van der Waals surface area (Å²) in [6.45, 7) is 70.0. The average Bonchev–Trinajstić information content (AvgIpc) is 1.61. The smallest absolute Gasteiger partial charge is 0.334 e. The van der Waals surface area contributed by atoms with Gasteiger partial charge in [0.2, 0.25) is 0 Å². The second-order valence-corrected chi connectivity index (χ2v) is 51.8. The minimum atomic E-state index is -2.10. The van der Waals surface area contributed by atoms with Crippen molar-refractivity contribution in [3.05, 3.63) is 83.0 Å². The van der Waals surface area contributed by atoms with Crippen LogP contribution in [0.5, 0.6) is 0 Å². The van der Waals surface area contributed by atoms with Gasteiger partial charge in [0.25, 0.3) is 0 Å². The van der Waals surface area contributed by atoms with Gasteiger partial charge in [0.1, 0.15) is 30.5 Å². The standard InChI is InChI=1S/C34H52O6.C29H60O4Si3.C23H35BrO2.C2H6.FH/c1-6-7-11-26-23(4)33(38)40-30(26)19-21(2)27-14-15-28-24(10-8-16-34(27,28)5)12-13-25-20-29(36)32(31(37)22(25)3)39-18-9-17-35;1-18-21-25(33-36(16,17)29(9,10)11)26(24(19-2)32-35(14,15)28(6,7)8)30-22-20-23-31-34(12,13)27(3,4)5;1-5-6-9-18-16(3)22(25)26-21(18)13-15(2)19-10-11-20-17(14-24)8-7-12-23(19,20)4;1-2;/h12-13,21,26-32,35-37H,3-4,6-11,14-20H2,1-2,5H3;1,19,24-26H,2,20-23H2,3-17H3;14-15,18-21H,3,5-13H2,1-2,4H3;1-2H3;1H/b24-12+,25-13-;;17-14+;;/t21-,26+,27-,28+,29-,30+,31-,32+,34-;24-,25-,26-;15-,18+,19-,20+,21+,23-;;/m111../s1. The first kappa shape index (κ1) is 96.6. The Morgan fingerprint density at radius 1 is 0.676 bits per heavy atom. The van der Waals surface area contributed by atoms with E-state index in [1.807, 2.05) is 19.9 Å². The van der Waals surface area contributed by atoms with Crippen molar-refractivity contribution in [1.82, 2.24) is 0 Å². The molecule has 0 aromatic carbocycles. The van der Waals surface area contributed by atoms with Crippen molar-refractivity contribution < 1.29 is 61.8 Å². The Hall–Kier alpha value is -2.58. The lowest BCUT2D eigenvalue weighted by molar-refractivity contribution is -0.141. The number of aliphatic hydroxyl groups is 3. The van der Waals surface area contributed by atoms with Crippen molar-refractivity contribution in [1.29, 1.82) is 0 Å². The van der Waals surface area contributed by atoms with Gasteiger partial charge >= 0.3 is 11.9 Å². The van der Waals surface area contributed by atoms with Crippen LogP contribution < -0.4 is 0 Å². The number of cyclic esters (lactones) is 2. The minimum absolute atomic E-state index is 0. The molecule has 7 fully saturated rings. The van der Waals surface area contributed by atoms with E-state index in [2.05, 4.69) is 208 Å². The van der Waals surface area contributed by atoms with Crippen molar-refractivity contribution in [3.63, 3.8) is 0 Å². The number of carbonyl (C=O) groups is 2. The van der Waals surface area contributed by atoms with E-state index in [1.165, 1.54) is 56.9 Å². The molecule has 0 amide bonds. The van der Waals surface area contributed by atoms with Crippen molar-refractivity contribution in [2.24, 2.45) is 58.2 Å². The summed E-state index contributed by atoms with van der Waals surface area (Å²) >= 11 is 3.62. The van der Waals surface area contributed by atoms with Crippen LogP contribution in [-0.4, -0.2) is 127 Å². The van der Waals surface area contributed by atoms with Crippen LogP contribution in [0.2, 0.25) is 54.4 Å². The number of rotatable bonds is 31. The number of esters is 2. The molecule has 0 unspecified atom stereocenters. The lowest BCUT2D eigenvalue weighted by Gasteiger charge is -2.45. The molecule has 0 spiro atoms. The number of fused-ring (bicyclic) bond motifs is 2. The molecule has 0 radical (unpaired) electrons. The van der Waals surface area contributed by atoms with E-state index in [9.17, 15) is 19.8 Å². The number of terminal acetylenes is 1. The van der Waals surface area contributed by atoms with Gasteiger partial charge in [-0.3, -0.25) is 4.70 Å². The van der Waals surface area contributed by atoms with Crippen LogP contribution in [0.1, 0.15) is 259 Å². The third-order valence-corrected chi connectivity index (χ3v) is 41.1. The number of aliphatic hydroxyl groups excluding tert-OH is 3. The van der Waals surface area contributed by atoms with Crippen molar-refractivity contribution in [3.8, 4) is 12.3 Å². The van der Waals surface area contributed by atoms with Crippen LogP contribution in [0.15, 0.2) is 83.0 Å². The molecule has 7 aliphatic rings. The minimum Gasteiger partial charge on any atom is -0.458 e. The lowest BCUT2D eigenvalue weighted by Crippen LogP contribution is -2.53. The molecule has 2 saturated heterocycles. The monoisotopic (exact) mass is 1580 g/mol. The molecule has 5 saturated carbocycles. The fourth-order valence-electron chi connectivity index (χ4n) is 17.6. The number of halogens is 2. The summed E-state index contributed by atoms with van der Waals surface area (Å²) in [5, 5.41) is 30.8. The van der Waals surface area contributed by atoms with Gasteiger partial charge in [0.15, 0.2) is 25.0 Å². The molecule has 0 aromatic rings. The quantitative estimate of drug-likeness (QED) is 0.0151. The molecule has 105 heavy (non-hydrogen) atoms. The maximum Gasteiger partial charge on any atom is 0.334 e. The van der Waals surface area contributed by atoms with Gasteiger partial charge in [0.05, 0.1) is 18.3 Å². The Kier molecular flexibility index (Phi) is 39.0. The molecule has 18 atom stereocenters. The van der Waals surface area contributed by atoms with Crippen LogP contribution in [0.3, 0.4) is 0 Å². The Bertz CT molecular complexity index is 2910. The number of ether oxygens (including phenoxy) is 4.